The highest BCUT2D eigenvalue weighted by Gasteiger charge is 2.36. The monoisotopic (exact) mass is 721 g/mol. The molecular formula is C36H37BrClN3O4S. The maximum absolute atomic E-state index is 14.6. The highest BCUT2D eigenvalue weighted by molar-refractivity contribution is 9.10. The molecule has 0 heterocycles. The SMILES string of the molecule is O=C(NC1CCCCC1)[C@H](Cc1ccccc1)N(Cc1ccc(Br)cc1)C(=O)CN(c1ccccc1Cl)S(=O)(=O)c1ccccc1. The van der Waals surface area contributed by atoms with Gasteiger partial charge in [0.25, 0.3) is 10.0 Å². The van der Waals surface area contributed by atoms with Gasteiger partial charge in [-0.15, -0.1) is 0 Å². The molecule has 0 spiro atoms. The van der Waals surface area contributed by atoms with Crippen molar-refractivity contribution < 1.29 is 18.0 Å². The first-order chi connectivity index (χ1) is 22.2. The summed E-state index contributed by atoms with van der Waals surface area (Å²) in [5.74, 6) is -0.779. The number of anilines is 1. The number of hydrogen-bond acceptors (Lipinski definition) is 4. The summed E-state index contributed by atoms with van der Waals surface area (Å²) in [7, 11) is -4.22. The Morgan fingerprint density at radius 1 is 0.804 bits per heavy atom. The molecule has 0 saturated heterocycles. The quantitative estimate of drug-likeness (QED) is 0.165. The van der Waals surface area contributed by atoms with Gasteiger partial charge >= 0.3 is 0 Å². The van der Waals surface area contributed by atoms with Crippen molar-refractivity contribution in [3.63, 3.8) is 0 Å². The number of rotatable bonds is 12. The summed E-state index contributed by atoms with van der Waals surface area (Å²) in [6, 6.07) is 30.7. The molecule has 1 N–H and O–H groups in total. The molecule has 1 fully saturated rings. The minimum absolute atomic E-state index is 0.0260. The van der Waals surface area contributed by atoms with Crippen molar-refractivity contribution in [1.29, 1.82) is 0 Å². The van der Waals surface area contributed by atoms with Crippen LogP contribution in [0.15, 0.2) is 119 Å². The van der Waals surface area contributed by atoms with Crippen LogP contribution in [0.4, 0.5) is 5.69 Å². The first kappa shape index (κ1) is 33.7. The van der Waals surface area contributed by atoms with Gasteiger partial charge in [0.2, 0.25) is 11.8 Å². The first-order valence-electron chi connectivity index (χ1n) is 15.4. The average molecular weight is 723 g/mol. The molecule has 0 radical (unpaired) electrons. The summed E-state index contributed by atoms with van der Waals surface area (Å²) >= 11 is 10.0. The lowest BCUT2D eigenvalue weighted by molar-refractivity contribution is -0.140. The van der Waals surface area contributed by atoms with Gasteiger partial charge in [-0.2, -0.15) is 0 Å². The third-order valence-electron chi connectivity index (χ3n) is 8.22. The van der Waals surface area contributed by atoms with E-state index in [9.17, 15) is 18.0 Å². The van der Waals surface area contributed by atoms with Crippen molar-refractivity contribution in [1.82, 2.24) is 10.2 Å². The van der Waals surface area contributed by atoms with Crippen LogP contribution < -0.4 is 9.62 Å². The minimum atomic E-state index is -4.22. The zero-order chi connectivity index (χ0) is 32.5. The lowest BCUT2D eigenvalue weighted by Crippen LogP contribution is -2.55. The Bertz CT molecular complexity index is 1720. The topological polar surface area (TPSA) is 86.8 Å². The predicted molar refractivity (Wildman–Crippen MR) is 186 cm³/mol. The molecule has 2 amide bonds. The second kappa shape index (κ2) is 15.8. The van der Waals surface area contributed by atoms with Crippen molar-refractivity contribution in [2.75, 3.05) is 10.8 Å². The Morgan fingerprint density at radius 2 is 1.41 bits per heavy atom. The predicted octanol–water partition coefficient (Wildman–Crippen LogP) is 7.39. The Balaban J connectivity index is 1.56. The van der Waals surface area contributed by atoms with Crippen LogP contribution >= 0.6 is 27.5 Å². The smallest absolute Gasteiger partial charge is 0.264 e. The number of hydrogen-bond donors (Lipinski definition) is 1. The van der Waals surface area contributed by atoms with Gasteiger partial charge < -0.3 is 10.2 Å². The van der Waals surface area contributed by atoms with Crippen LogP contribution in [0.3, 0.4) is 0 Å². The van der Waals surface area contributed by atoms with E-state index in [2.05, 4.69) is 21.2 Å². The van der Waals surface area contributed by atoms with Crippen molar-refractivity contribution in [2.24, 2.45) is 0 Å². The largest absolute Gasteiger partial charge is 0.352 e. The van der Waals surface area contributed by atoms with Gasteiger partial charge in [0.05, 0.1) is 15.6 Å². The average Bonchev–Trinajstić information content (AvgIpc) is 3.07. The van der Waals surface area contributed by atoms with Crippen molar-refractivity contribution in [3.8, 4) is 0 Å². The molecule has 46 heavy (non-hydrogen) atoms. The van der Waals surface area contributed by atoms with Crippen LogP contribution in [0, 0.1) is 0 Å². The Hall–Kier alpha value is -3.66. The van der Waals surface area contributed by atoms with E-state index < -0.39 is 28.5 Å². The number of benzene rings is 4. The van der Waals surface area contributed by atoms with E-state index in [1.165, 1.54) is 17.0 Å². The van der Waals surface area contributed by atoms with Gasteiger partial charge in [-0.25, -0.2) is 8.42 Å². The Kier molecular flexibility index (Phi) is 11.5. The minimum Gasteiger partial charge on any atom is -0.352 e. The fourth-order valence-corrected chi connectivity index (χ4v) is 7.78. The molecule has 0 bridgehead atoms. The summed E-state index contributed by atoms with van der Waals surface area (Å²) < 4.78 is 30.1. The van der Waals surface area contributed by atoms with Gasteiger partial charge in [-0.1, -0.05) is 120 Å². The molecule has 7 nitrogen and oxygen atoms in total. The fraction of sp³-hybridized carbons (Fsp3) is 0.278. The van der Waals surface area contributed by atoms with Crippen LogP contribution in [-0.4, -0.2) is 43.8 Å². The maximum atomic E-state index is 14.6. The molecule has 5 rings (SSSR count). The number of carbonyl (C=O) groups excluding carboxylic acids is 2. The molecule has 0 aliphatic heterocycles. The number of amides is 2. The molecule has 0 aromatic heterocycles. The molecule has 0 unspecified atom stereocenters. The van der Waals surface area contributed by atoms with Crippen molar-refractivity contribution in [3.05, 3.63) is 130 Å². The molecule has 1 saturated carbocycles. The van der Waals surface area contributed by atoms with Crippen LogP contribution in [0.2, 0.25) is 5.02 Å². The lowest BCUT2D eigenvalue weighted by atomic mass is 9.94. The number of sulfonamides is 1. The Labute approximate surface area is 284 Å². The van der Waals surface area contributed by atoms with Gasteiger partial charge in [0.1, 0.15) is 12.6 Å². The fourth-order valence-electron chi connectivity index (χ4n) is 5.77. The third kappa shape index (κ3) is 8.57. The normalized spacial score (nSPS) is 14.3. The standard InChI is InChI=1S/C36H37BrClN3O4S/c37-29-22-20-28(21-23-29)25-40(34(24-27-12-4-1-5-13-27)36(43)39-30-14-6-2-7-15-30)35(42)26-41(33-19-11-10-18-32(33)38)46(44,45)31-16-8-3-9-17-31/h1,3-5,8-13,16-23,30,34H,2,6-7,14-15,24-26H2,(H,39,43)/t34-/m0/s1. The zero-order valence-corrected chi connectivity index (χ0v) is 28.6. The summed E-state index contributed by atoms with van der Waals surface area (Å²) in [4.78, 5) is 30.3. The van der Waals surface area contributed by atoms with Gasteiger partial charge in [0.15, 0.2) is 0 Å². The second-order valence-corrected chi connectivity index (χ2v) is 14.7. The van der Waals surface area contributed by atoms with Gasteiger partial charge in [0, 0.05) is 23.5 Å². The molecule has 4 aromatic rings. The summed E-state index contributed by atoms with van der Waals surface area (Å²) in [5, 5.41) is 3.41. The number of halogens is 2. The number of nitrogens with one attached hydrogen (secondary N) is 1. The lowest BCUT2D eigenvalue weighted by Gasteiger charge is -2.35. The third-order valence-corrected chi connectivity index (χ3v) is 10.8. The molecule has 1 atom stereocenters. The first-order valence-corrected chi connectivity index (χ1v) is 18.0. The number of para-hydroxylation sites is 1. The van der Waals surface area contributed by atoms with Crippen molar-refractivity contribution >= 4 is 55.1 Å². The van der Waals surface area contributed by atoms with Gasteiger partial charge in [-0.3, -0.25) is 13.9 Å². The van der Waals surface area contributed by atoms with Crippen LogP contribution in [-0.2, 0) is 32.6 Å². The molecule has 240 valence electrons. The molecule has 1 aliphatic rings. The highest BCUT2D eigenvalue weighted by atomic mass is 79.9. The molecule has 1 aliphatic carbocycles. The van der Waals surface area contributed by atoms with E-state index >= 15 is 0 Å². The highest BCUT2D eigenvalue weighted by Crippen LogP contribution is 2.31. The van der Waals surface area contributed by atoms with Crippen LogP contribution in [0.25, 0.3) is 0 Å². The second-order valence-electron chi connectivity index (χ2n) is 11.5. The molecule has 4 aromatic carbocycles. The van der Waals surface area contributed by atoms with Crippen LogP contribution in [0.1, 0.15) is 43.2 Å². The van der Waals surface area contributed by atoms with E-state index in [0.717, 1.165) is 52.0 Å². The van der Waals surface area contributed by atoms with Crippen LogP contribution in [0.5, 0.6) is 0 Å². The summed E-state index contributed by atoms with van der Waals surface area (Å²) in [6.45, 7) is -0.455. The Morgan fingerprint density at radius 3 is 2.07 bits per heavy atom. The van der Waals surface area contributed by atoms with Gasteiger partial charge in [-0.05, 0) is 60.4 Å². The van der Waals surface area contributed by atoms with E-state index in [-0.39, 0.29) is 40.5 Å². The molecular weight excluding hydrogens is 686 g/mol. The van der Waals surface area contributed by atoms with E-state index in [1.54, 1.807) is 42.5 Å². The number of carbonyl (C=O) groups is 2. The van der Waals surface area contributed by atoms with E-state index in [4.69, 9.17) is 11.6 Å². The summed E-state index contributed by atoms with van der Waals surface area (Å²) in [6.07, 6.45) is 5.26. The van der Waals surface area contributed by atoms with E-state index in [0.29, 0.717) is 0 Å². The number of nitrogens with zero attached hydrogens (tertiary/aromatic N) is 2. The van der Waals surface area contributed by atoms with E-state index in [1.807, 2.05) is 54.6 Å². The summed E-state index contributed by atoms with van der Waals surface area (Å²) in [5.41, 5.74) is 1.87. The maximum Gasteiger partial charge on any atom is 0.264 e. The van der Waals surface area contributed by atoms with Crippen molar-refractivity contribution in [2.45, 2.75) is 62.0 Å². The zero-order valence-electron chi connectivity index (χ0n) is 25.4. The molecule has 10 heteroatoms.